The summed E-state index contributed by atoms with van der Waals surface area (Å²) in [6, 6.07) is 9.28. The van der Waals surface area contributed by atoms with Gasteiger partial charge < -0.3 is 10.2 Å². The molecule has 1 aromatic carbocycles. The Balaban J connectivity index is 2.64. The second kappa shape index (κ2) is 6.32. The van der Waals surface area contributed by atoms with E-state index in [2.05, 4.69) is 54.3 Å². The van der Waals surface area contributed by atoms with Crippen molar-refractivity contribution in [1.82, 2.24) is 5.32 Å². The Bertz CT molecular complexity index is 373. The van der Waals surface area contributed by atoms with Gasteiger partial charge in [0.05, 0.1) is 0 Å². The average Bonchev–Trinajstić information content (AvgIpc) is 2.29. The van der Waals surface area contributed by atoms with Crippen molar-refractivity contribution in [3.63, 3.8) is 0 Å². The minimum atomic E-state index is 0.328. The summed E-state index contributed by atoms with van der Waals surface area (Å²) >= 11 is 0. The molecule has 0 aromatic heterocycles. The molecule has 2 heteroatoms. The van der Waals surface area contributed by atoms with Crippen LogP contribution in [0.1, 0.15) is 31.9 Å². The third kappa shape index (κ3) is 4.13. The zero-order valence-corrected chi connectivity index (χ0v) is 11.2. The molecule has 0 fully saturated rings. The zero-order valence-electron chi connectivity index (χ0n) is 11.2. The van der Waals surface area contributed by atoms with Gasteiger partial charge in [0.15, 0.2) is 0 Å². The molecule has 92 valence electrons. The van der Waals surface area contributed by atoms with Crippen LogP contribution in [0.25, 0.3) is 0 Å². The fourth-order valence-electron chi connectivity index (χ4n) is 1.82. The monoisotopic (exact) mass is 230 g/mol. The van der Waals surface area contributed by atoms with Crippen LogP contribution in [0.3, 0.4) is 0 Å². The van der Waals surface area contributed by atoms with Crippen LogP contribution >= 0.6 is 0 Å². The maximum Gasteiger partial charge on any atom is 0.0361 e. The standard InChI is InChI=1S/C15H22N2/c1-6-7-12(2)16-13(3)14-8-10-15(11-9-14)17(4)5/h1,8-13,16H,7H2,2-5H3. The van der Waals surface area contributed by atoms with E-state index in [9.17, 15) is 0 Å². The lowest BCUT2D eigenvalue weighted by Crippen LogP contribution is -2.28. The molecule has 17 heavy (non-hydrogen) atoms. The van der Waals surface area contributed by atoms with Crippen molar-refractivity contribution in [1.29, 1.82) is 0 Å². The first-order valence-electron chi connectivity index (χ1n) is 6.01. The van der Waals surface area contributed by atoms with E-state index in [-0.39, 0.29) is 0 Å². The summed E-state index contributed by atoms with van der Waals surface area (Å²) in [4.78, 5) is 2.10. The van der Waals surface area contributed by atoms with E-state index in [1.807, 2.05) is 14.1 Å². The highest BCUT2D eigenvalue weighted by Crippen LogP contribution is 2.18. The van der Waals surface area contributed by atoms with Crippen molar-refractivity contribution >= 4 is 5.69 Å². The predicted molar refractivity (Wildman–Crippen MR) is 75.2 cm³/mol. The summed E-state index contributed by atoms with van der Waals surface area (Å²) < 4.78 is 0. The van der Waals surface area contributed by atoms with Gasteiger partial charge in [0.1, 0.15) is 0 Å². The summed E-state index contributed by atoms with van der Waals surface area (Å²) in [6.07, 6.45) is 6.07. The van der Waals surface area contributed by atoms with Crippen LogP contribution in [-0.4, -0.2) is 20.1 Å². The third-order valence-corrected chi connectivity index (χ3v) is 2.87. The molecule has 0 aliphatic carbocycles. The van der Waals surface area contributed by atoms with Crippen molar-refractivity contribution in [3.8, 4) is 12.3 Å². The topological polar surface area (TPSA) is 15.3 Å². The Morgan fingerprint density at radius 2 is 1.82 bits per heavy atom. The van der Waals surface area contributed by atoms with Crippen molar-refractivity contribution in [3.05, 3.63) is 29.8 Å². The van der Waals surface area contributed by atoms with E-state index in [4.69, 9.17) is 6.42 Å². The normalized spacial score (nSPS) is 13.8. The molecule has 1 N–H and O–H groups in total. The quantitative estimate of drug-likeness (QED) is 0.782. The highest BCUT2D eigenvalue weighted by molar-refractivity contribution is 5.46. The lowest BCUT2D eigenvalue weighted by atomic mass is 10.1. The van der Waals surface area contributed by atoms with Gasteiger partial charge in [0.25, 0.3) is 0 Å². The molecule has 0 heterocycles. The maximum atomic E-state index is 5.30. The van der Waals surface area contributed by atoms with Gasteiger partial charge in [0, 0.05) is 38.3 Å². The Morgan fingerprint density at radius 3 is 2.29 bits per heavy atom. The first kappa shape index (κ1) is 13.6. The Morgan fingerprint density at radius 1 is 1.24 bits per heavy atom. The SMILES string of the molecule is C#CCC(C)NC(C)c1ccc(N(C)C)cc1. The molecule has 0 radical (unpaired) electrons. The summed E-state index contributed by atoms with van der Waals surface area (Å²) in [7, 11) is 4.09. The molecule has 0 saturated carbocycles. The molecule has 2 unspecified atom stereocenters. The van der Waals surface area contributed by atoms with E-state index in [1.54, 1.807) is 0 Å². The van der Waals surface area contributed by atoms with Crippen LogP contribution in [0.15, 0.2) is 24.3 Å². The summed E-state index contributed by atoms with van der Waals surface area (Å²) in [5.41, 5.74) is 2.51. The molecule has 0 bridgehead atoms. The van der Waals surface area contributed by atoms with Crippen molar-refractivity contribution in [2.24, 2.45) is 0 Å². The largest absolute Gasteiger partial charge is 0.378 e. The number of benzene rings is 1. The van der Waals surface area contributed by atoms with Crippen molar-refractivity contribution in [2.75, 3.05) is 19.0 Å². The van der Waals surface area contributed by atoms with Crippen LogP contribution < -0.4 is 10.2 Å². The first-order valence-corrected chi connectivity index (χ1v) is 6.01. The molecule has 1 rings (SSSR count). The number of anilines is 1. The van der Waals surface area contributed by atoms with Crippen LogP contribution in [0.2, 0.25) is 0 Å². The predicted octanol–water partition coefficient (Wildman–Crippen LogP) is 2.82. The van der Waals surface area contributed by atoms with E-state index < -0.39 is 0 Å². The van der Waals surface area contributed by atoms with Gasteiger partial charge in [-0.15, -0.1) is 12.3 Å². The second-order valence-corrected chi connectivity index (χ2v) is 4.68. The van der Waals surface area contributed by atoms with E-state index in [0.29, 0.717) is 12.1 Å². The first-order chi connectivity index (χ1) is 8.04. The van der Waals surface area contributed by atoms with Gasteiger partial charge in [-0.05, 0) is 31.5 Å². The molecule has 2 nitrogen and oxygen atoms in total. The number of hydrogen-bond acceptors (Lipinski definition) is 2. The van der Waals surface area contributed by atoms with Crippen LogP contribution in [0.5, 0.6) is 0 Å². The molecule has 2 atom stereocenters. The minimum absolute atomic E-state index is 0.328. The Kier molecular flexibility index (Phi) is 5.06. The lowest BCUT2D eigenvalue weighted by molar-refractivity contribution is 0.486. The van der Waals surface area contributed by atoms with Gasteiger partial charge in [-0.25, -0.2) is 0 Å². The fourth-order valence-corrected chi connectivity index (χ4v) is 1.82. The molecular formula is C15H22N2. The number of rotatable bonds is 5. The molecular weight excluding hydrogens is 208 g/mol. The van der Waals surface area contributed by atoms with Gasteiger partial charge >= 0.3 is 0 Å². The van der Waals surface area contributed by atoms with Gasteiger partial charge in [-0.1, -0.05) is 12.1 Å². The summed E-state index contributed by atoms with van der Waals surface area (Å²) in [5.74, 6) is 2.68. The van der Waals surface area contributed by atoms with Crippen molar-refractivity contribution < 1.29 is 0 Å². The van der Waals surface area contributed by atoms with E-state index >= 15 is 0 Å². The smallest absolute Gasteiger partial charge is 0.0361 e. The average molecular weight is 230 g/mol. The second-order valence-electron chi connectivity index (χ2n) is 4.68. The van der Waals surface area contributed by atoms with Crippen molar-refractivity contribution in [2.45, 2.75) is 32.4 Å². The molecule has 0 aliphatic heterocycles. The van der Waals surface area contributed by atoms with E-state index in [1.165, 1.54) is 11.3 Å². The number of terminal acetylenes is 1. The molecule has 0 spiro atoms. The maximum absolute atomic E-state index is 5.30. The Hall–Kier alpha value is -1.46. The fraction of sp³-hybridized carbons (Fsp3) is 0.467. The number of nitrogens with zero attached hydrogens (tertiary/aromatic N) is 1. The van der Waals surface area contributed by atoms with Gasteiger partial charge in [0.2, 0.25) is 0 Å². The van der Waals surface area contributed by atoms with Gasteiger partial charge in [-0.2, -0.15) is 0 Å². The van der Waals surface area contributed by atoms with E-state index in [0.717, 1.165) is 6.42 Å². The lowest BCUT2D eigenvalue weighted by Gasteiger charge is -2.20. The molecule has 1 aromatic rings. The highest BCUT2D eigenvalue weighted by atomic mass is 15.1. The molecule has 0 saturated heterocycles. The third-order valence-electron chi connectivity index (χ3n) is 2.87. The number of nitrogens with one attached hydrogen (secondary N) is 1. The Labute approximate surface area is 105 Å². The van der Waals surface area contributed by atoms with Crippen LogP contribution in [-0.2, 0) is 0 Å². The summed E-state index contributed by atoms with van der Waals surface area (Å²) in [6.45, 7) is 4.28. The number of hydrogen-bond donors (Lipinski definition) is 1. The highest BCUT2D eigenvalue weighted by Gasteiger charge is 2.08. The molecule has 0 aliphatic rings. The summed E-state index contributed by atoms with van der Waals surface area (Å²) in [5, 5.41) is 3.49. The van der Waals surface area contributed by atoms with Crippen LogP contribution in [0.4, 0.5) is 5.69 Å². The zero-order chi connectivity index (χ0) is 12.8. The van der Waals surface area contributed by atoms with Crippen LogP contribution in [0, 0.1) is 12.3 Å². The minimum Gasteiger partial charge on any atom is -0.378 e. The molecule has 0 amide bonds. The van der Waals surface area contributed by atoms with Gasteiger partial charge in [-0.3, -0.25) is 0 Å².